The van der Waals surface area contributed by atoms with E-state index in [9.17, 15) is 0 Å². The van der Waals surface area contributed by atoms with Gasteiger partial charge in [0, 0.05) is 5.02 Å². The van der Waals surface area contributed by atoms with Gasteiger partial charge in [-0.25, -0.2) is 0 Å². The fourth-order valence-electron chi connectivity index (χ4n) is 1.44. The minimum Gasteiger partial charge on any atom is -0.448 e. The number of nitrogens with one attached hydrogen (secondary N) is 2. The van der Waals surface area contributed by atoms with Gasteiger partial charge in [-0.1, -0.05) is 23.2 Å². The topological polar surface area (TPSA) is 49.9 Å². The van der Waals surface area contributed by atoms with Gasteiger partial charge in [0.2, 0.25) is 0 Å². The van der Waals surface area contributed by atoms with Gasteiger partial charge < -0.3 is 10.1 Å². The molecule has 0 radical (unpaired) electrons. The van der Waals surface area contributed by atoms with E-state index in [1.165, 1.54) is 0 Å². The number of aromatic nitrogens is 2. The summed E-state index contributed by atoms with van der Waals surface area (Å²) in [4.78, 5) is 0. The standard InChI is InChI=1S/C9H5Cl2N3O/c10-4-1-5(11)8-6(2-4)13-9-7(15-8)3-12-14-9/h1-3H,(H2,12,13,14). The highest BCUT2D eigenvalue weighted by Gasteiger charge is 2.20. The molecule has 76 valence electrons. The van der Waals surface area contributed by atoms with Gasteiger partial charge in [-0.05, 0) is 12.1 Å². The Bertz CT molecular complexity index is 538. The molecule has 1 aromatic carbocycles. The first-order valence-electron chi connectivity index (χ1n) is 4.21. The Morgan fingerprint density at radius 1 is 1.27 bits per heavy atom. The van der Waals surface area contributed by atoms with Crippen LogP contribution >= 0.6 is 23.2 Å². The molecule has 2 heterocycles. The van der Waals surface area contributed by atoms with Crippen LogP contribution in [0.1, 0.15) is 0 Å². The molecule has 1 aliphatic rings. The number of hydrogen-bond acceptors (Lipinski definition) is 3. The van der Waals surface area contributed by atoms with Crippen LogP contribution in [0.4, 0.5) is 11.5 Å². The molecule has 6 heteroatoms. The second kappa shape index (κ2) is 3.05. The summed E-state index contributed by atoms with van der Waals surface area (Å²) < 4.78 is 5.56. The van der Waals surface area contributed by atoms with Crippen molar-refractivity contribution in [2.45, 2.75) is 0 Å². The zero-order valence-electron chi connectivity index (χ0n) is 7.34. The molecule has 0 atom stereocenters. The number of rotatable bonds is 0. The van der Waals surface area contributed by atoms with Crippen LogP contribution in [-0.4, -0.2) is 10.2 Å². The molecule has 0 aliphatic carbocycles. The van der Waals surface area contributed by atoms with Crippen molar-refractivity contribution >= 4 is 34.7 Å². The van der Waals surface area contributed by atoms with Gasteiger partial charge in [0.1, 0.15) is 0 Å². The highest BCUT2D eigenvalue weighted by atomic mass is 35.5. The van der Waals surface area contributed by atoms with Crippen molar-refractivity contribution < 1.29 is 4.74 Å². The molecule has 0 fully saturated rings. The summed E-state index contributed by atoms with van der Waals surface area (Å²) in [7, 11) is 0. The van der Waals surface area contributed by atoms with Crippen molar-refractivity contribution in [3.8, 4) is 11.5 Å². The molecule has 2 aromatic rings. The van der Waals surface area contributed by atoms with Crippen LogP contribution in [0.25, 0.3) is 0 Å². The van der Waals surface area contributed by atoms with E-state index in [0.717, 1.165) is 5.69 Å². The number of benzene rings is 1. The molecular formula is C9H5Cl2N3O. The molecule has 0 saturated heterocycles. The summed E-state index contributed by atoms with van der Waals surface area (Å²) in [6.07, 6.45) is 1.58. The van der Waals surface area contributed by atoms with Crippen LogP contribution in [0.5, 0.6) is 11.5 Å². The minimum absolute atomic E-state index is 0.469. The molecule has 2 N–H and O–H groups in total. The number of aromatic amines is 1. The first kappa shape index (κ1) is 8.88. The SMILES string of the molecule is Clc1cc(Cl)c2c(c1)Nc1[nH]ncc1O2. The number of anilines is 2. The zero-order valence-corrected chi connectivity index (χ0v) is 8.86. The molecule has 4 nitrogen and oxygen atoms in total. The van der Waals surface area contributed by atoms with E-state index in [0.29, 0.717) is 27.4 Å². The molecule has 0 bridgehead atoms. The van der Waals surface area contributed by atoms with Crippen molar-refractivity contribution in [3.63, 3.8) is 0 Å². The molecule has 15 heavy (non-hydrogen) atoms. The van der Waals surface area contributed by atoms with E-state index in [2.05, 4.69) is 15.5 Å². The number of ether oxygens (including phenoxy) is 1. The smallest absolute Gasteiger partial charge is 0.189 e. The largest absolute Gasteiger partial charge is 0.448 e. The summed E-state index contributed by atoms with van der Waals surface area (Å²) in [6, 6.07) is 3.38. The predicted molar refractivity (Wildman–Crippen MR) is 58.4 cm³/mol. The normalized spacial score (nSPS) is 12.4. The summed E-state index contributed by atoms with van der Waals surface area (Å²) in [5.74, 6) is 1.88. The molecule has 0 saturated carbocycles. The summed E-state index contributed by atoms with van der Waals surface area (Å²) >= 11 is 11.9. The van der Waals surface area contributed by atoms with Crippen LogP contribution in [0.3, 0.4) is 0 Å². The van der Waals surface area contributed by atoms with Gasteiger partial charge in [-0.2, -0.15) is 5.10 Å². The highest BCUT2D eigenvalue weighted by molar-refractivity contribution is 6.36. The first-order valence-corrected chi connectivity index (χ1v) is 4.97. The molecule has 1 aromatic heterocycles. The molecule has 0 unspecified atom stereocenters. The maximum Gasteiger partial charge on any atom is 0.189 e. The number of nitrogens with zero attached hydrogens (tertiary/aromatic N) is 1. The third kappa shape index (κ3) is 1.33. The van der Waals surface area contributed by atoms with E-state index in [1.807, 2.05) is 0 Å². The Balaban J connectivity index is 2.17. The maximum atomic E-state index is 6.00. The van der Waals surface area contributed by atoms with E-state index >= 15 is 0 Å². The Morgan fingerprint density at radius 2 is 2.13 bits per heavy atom. The second-order valence-corrected chi connectivity index (χ2v) is 3.94. The second-order valence-electron chi connectivity index (χ2n) is 3.10. The third-order valence-electron chi connectivity index (χ3n) is 2.08. The number of halogens is 2. The third-order valence-corrected chi connectivity index (χ3v) is 2.58. The lowest BCUT2D eigenvalue weighted by Gasteiger charge is -2.19. The first-order chi connectivity index (χ1) is 7.24. The minimum atomic E-state index is 0.469. The summed E-state index contributed by atoms with van der Waals surface area (Å²) in [6.45, 7) is 0. The van der Waals surface area contributed by atoms with Crippen molar-refractivity contribution in [3.05, 3.63) is 28.4 Å². The zero-order chi connectivity index (χ0) is 10.4. The molecule has 0 spiro atoms. The van der Waals surface area contributed by atoms with Crippen LogP contribution < -0.4 is 10.1 Å². The lowest BCUT2D eigenvalue weighted by atomic mass is 10.2. The average Bonchev–Trinajstić information content (AvgIpc) is 2.61. The Morgan fingerprint density at radius 3 is 3.00 bits per heavy atom. The van der Waals surface area contributed by atoms with Crippen molar-refractivity contribution in [2.75, 3.05) is 5.32 Å². The van der Waals surface area contributed by atoms with Crippen molar-refractivity contribution in [2.24, 2.45) is 0 Å². The predicted octanol–water partition coefficient (Wildman–Crippen LogP) is 3.57. The van der Waals surface area contributed by atoms with Gasteiger partial charge in [0.15, 0.2) is 17.3 Å². The summed E-state index contributed by atoms with van der Waals surface area (Å²) in [5, 5.41) is 10.7. The van der Waals surface area contributed by atoms with Gasteiger partial charge in [-0.3, -0.25) is 5.10 Å². The van der Waals surface area contributed by atoms with Gasteiger partial charge >= 0.3 is 0 Å². The van der Waals surface area contributed by atoms with E-state index in [1.54, 1.807) is 18.3 Å². The van der Waals surface area contributed by atoms with E-state index in [4.69, 9.17) is 27.9 Å². The lowest BCUT2D eigenvalue weighted by Crippen LogP contribution is -2.02. The van der Waals surface area contributed by atoms with Gasteiger partial charge in [0.25, 0.3) is 0 Å². The van der Waals surface area contributed by atoms with Crippen LogP contribution in [0.2, 0.25) is 10.0 Å². The average molecular weight is 242 g/mol. The Hall–Kier alpha value is -1.39. The fraction of sp³-hybridized carbons (Fsp3) is 0. The fourth-order valence-corrected chi connectivity index (χ4v) is 1.98. The lowest BCUT2D eigenvalue weighted by molar-refractivity contribution is 0.481. The Labute approximate surface area is 95.1 Å². The van der Waals surface area contributed by atoms with Crippen molar-refractivity contribution in [1.82, 2.24) is 10.2 Å². The number of hydrogen-bond donors (Lipinski definition) is 2. The molecule has 1 aliphatic heterocycles. The molecule has 0 amide bonds. The van der Waals surface area contributed by atoms with Crippen molar-refractivity contribution in [1.29, 1.82) is 0 Å². The highest BCUT2D eigenvalue weighted by Crippen LogP contribution is 2.45. The Kier molecular flexibility index (Phi) is 1.81. The molecule has 3 rings (SSSR count). The molecular weight excluding hydrogens is 237 g/mol. The van der Waals surface area contributed by atoms with Crippen LogP contribution in [0.15, 0.2) is 18.3 Å². The van der Waals surface area contributed by atoms with E-state index < -0.39 is 0 Å². The van der Waals surface area contributed by atoms with Gasteiger partial charge in [0.05, 0.1) is 16.9 Å². The van der Waals surface area contributed by atoms with Crippen LogP contribution in [-0.2, 0) is 0 Å². The quantitative estimate of drug-likeness (QED) is 0.633. The number of H-pyrrole nitrogens is 1. The number of fused-ring (bicyclic) bond motifs is 2. The van der Waals surface area contributed by atoms with Crippen LogP contribution in [0, 0.1) is 0 Å². The summed E-state index contributed by atoms with van der Waals surface area (Å²) in [5.41, 5.74) is 0.726. The monoisotopic (exact) mass is 241 g/mol. The maximum absolute atomic E-state index is 6.00. The van der Waals surface area contributed by atoms with E-state index in [-0.39, 0.29) is 0 Å². The van der Waals surface area contributed by atoms with Gasteiger partial charge in [-0.15, -0.1) is 0 Å².